The van der Waals surface area contributed by atoms with Crippen LogP contribution >= 0.6 is 0 Å². The van der Waals surface area contributed by atoms with Gasteiger partial charge >= 0.3 is 5.97 Å². The number of carbonyl (C=O) groups is 1. The topological polar surface area (TPSA) is 52.6 Å². The van der Waals surface area contributed by atoms with Crippen molar-refractivity contribution in [2.45, 2.75) is 39.2 Å². The second-order valence-electron chi connectivity index (χ2n) is 4.18. The Kier molecular flexibility index (Phi) is 8.33. The minimum atomic E-state index is -0.699. The molecule has 0 fully saturated rings. The zero-order valence-electron chi connectivity index (χ0n) is 10.1. The minimum absolute atomic E-state index is 0.285. The molecule has 2 N–H and O–H groups in total. The van der Waals surface area contributed by atoms with E-state index in [4.69, 9.17) is 5.11 Å². The molecular weight excluding hydrogens is 192 g/mol. The number of rotatable bonds is 9. The van der Waals surface area contributed by atoms with Crippen molar-refractivity contribution in [2.75, 3.05) is 26.7 Å². The first kappa shape index (κ1) is 14.4. The van der Waals surface area contributed by atoms with E-state index in [-0.39, 0.29) is 6.42 Å². The first-order valence-electron chi connectivity index (χ1n) is 5.66. The van der Waals surface area contributed by atoms with Gasteiger partial charge in [0.05, 0.1) is 0 Å². The van der Waals surface area contributed by atoms with Crippen LogP contribution in [0.1, 0.15) is 33.1 Å². The van der Waals surface area contributed by atoms with Gasteiger partial charge < -0.3 is 15.3 Å². The lowest BCUT2D eigenvalue weighted by Crippen LogP contribution is -2.34. The maximum absolute atomic E-state index is 10.2. The number of carboxylic acids is 1. The predicted molar refractivity (Wildman–Crippen MR) is 62.1 cm³/mol. The van der Waals surface area contributed by atoms with E-state index in [1.807, 2.05) is 0 Å². The molecule has 0 aromatic rings. The third-order valence-electron chi connectivity index (χ3n) is 2.52. The van der Waals surface area contributed by atoms with Crippen LogP contribution in [0.5, 0.6) is 0 Å². The highest BCUT2D eigenvalue weighted by molar-refractivity contribution is 5.66. The summed E-state index contributed by atoms with van der Waals surface area (Å²) in [4.78, 5) is 12.5. The van der Waals surface area contributed by atoms with E-state index in [9.17, 15) is 4.79 Å². The fraction of sp³-hybridized carbons (Fsp3) is 0.909. The Morgan fingerprint density at radius 1 is 1.33 bits per heavy atom. The number of carboxylic acid groups (broad SMARTS) is 1. The monoisotopic (exact) mass is 216 g/mol. The Labute approximate surface area is 92.7 Å². The lowest BCUT2D eigenvalue weighted by Gasteiger charge is -2.20. The van der Waals surface area contributed by atoms with Gasteiger partial charge in [-0.1, -0.05) is 0 Å². The van der Waals surface area contributed by atoms with Crippen LogP contribution < -0.4 is 5.32 Å². The van der Waals surface area contributed by atoms with Crippen LogP contribution in [0, 0.1) is 0 Å². The number of hydrogen-bond donors (Lipinski definition) is 2. The molecular formula is C11H24N2O2. The van der Waals surface area contributed by atoms with Gasteiger partial charge in [-0.25, -0.2) is 0 Å². The maximum Gasteiger partial charge on any atom is 0.303 e. The molecule has 0 bridgehead atoms. The molecule has 0 saturated carbocycles. The molecule has 0 saturated heterocycles. The highest BCUT2D eigenvalue weighted by atomic mass is 16.4. The Balaban J connectivity index is 3.15. The van der Waals surface area contributed by atoms with Gasteiger partial charge in [0, 0.05) is 25.6 Å². The quantitative estimate of drug-likeness (QED) is 0.568. The molecule has 0 aromatic heterocycles. The van der Waals surface area contributed by atoms with Gasteiger partial charge in [0.15, 0.2) is 0 Å². The summed E-state index contributed by atoms with van der Waals surface area (Å²) >= 11 is 0. The van der Waals surface area contributed by atoms with Crippen LogP contribution in [0.15, 0.2) is 0 Å². The number of unbranched alkanes of at least 4 members (excludes halogenated alkanes) is 1. The fourth-order valence-electron chi connectivity index (χ4n) is 1.16. The normalized spacial score (nSPS) is 11.3. The number of likely N-dealkylation sites (N-methyl/N-ethyl adjacent to an activating group) is 1. The number of aliphatic carboxylic acids is 1. The second-order valence-corrected chi connectivity index (χ2v) is 4.18. The van der Waals surface area contributed by atoms with Crippen molar-refractivity contribution < 1.29 is 9.90 Å². The summed E-state index contributed by atoms with van der Waals surface area (Å²) in [6.07, 6.45) is 1.99. The van der Waals surface area contributed by atoms with Gasteiger partial charge in [0.1, 0.15) is 0 Å². The van der Waals surface area contributed by atoms with Crippen molar-refractivity contribution >= 4 is 5.97 Å². The standard InChI is InChI=1S/C11H24N2O2/c1-10(2)13(3)9-8-12-7-5-4-6-11(14)15/h10,12H,4-9H2,1-3H3,(H,14,15). The number of hydrogen-bond acceptors (Lipinski definition) is 3. The van der Waals surface area contributed by atoms with Crippen molar-refractivity contribution in [2.24, 2.45) is 0 Å². The molecule has 0 aromatic carbocycles. The average molecular weight is 216 g/mol. The van der Waals surface area contributed by atoms with Gasteiger partial charge in [-0.05, 0) is 40.3 Å². The van der Waals surface area contributed by atoms with E-state index in [0.717, 1.165) is 32.5 Å². The van der Waals surface area contributed by atoms with Gasteiger partial charge in [0.25, 0.3) is 0 Å². The van der Waals surface area contributed by atoms with E-state index < -0.39 is 5.97 Å². The lowest BCUT2D eigenvalue weighted by atomic mass is 10.2. The highest BCUT2D eigenvalue weighted by Crippen LogP contribution is 1.94. The molecule has 0 heterocycles. The summed E-state index contributed by atoms with van der Waals surface area (Å²) in [6, 6.07) is 0.582. The SMILES string of the molecule is CC(C)N(C)CCNCCCCC(=O)O. The minimum Gasteiger partial charge on any atom is -0.481 e. The van der Waals surface area contributed by atoms with Crippen LogP contribution in [0.2, 0.25) is 0 Å². The first-order chi connectivity index (χ1) is 7.04. The third-order valence-corrected chi connectivity index (χ3v) is 2.52. The van der Waals surface area contributed by atoms with E-state index in [2.05, 4.69) is 31.1 Å². The zero-order chi connectivity index (χ0) is 11.7. The molecule has 0 aliphatic heterocycles. The Morgan fingerprint density at radius 2 is 2.00 bits per heavy atom. The van der Waals surface area contributed by atoms with E-state index in [0.29, 0.717) is 6.04 Å². The molecule has 0 aliphatic carbocycles. The van der Waals surface area contributed by atoms with Crippen LogP contribution in [0.25, 0.3) is 0 Å². The van der Waals surface area contributed by atoms with Crippen LogP contribution in [0.3, 0.4) is 0 Å². The van der Waals surface area contributed by atoms with Crippen LogP contribution in [0.4, 0.5) is 0 Å². The average Bonchev–Trinajstić information content (AvgIpc) is 2.15. The summed E-state index contributed by atoms with van der Waals surface area (Å²) in [5.41, 5.74) is 0. The van der Waals surface area contributed by atoms with E-state index >= 15 is 0 Å². The predicted octanol–water partition coefficient (Wildman–Crippen LogP) is 1.17. The van der Waals surface area contributed by atoms with Gasteiger partial charge in [0.2, 0.25) is 0 Å². The molecule has 0 rings (SSSR count). The van der Waals surface area contributed by atoms with E-state index in [1.165, 1.54) is 0 Å². The highest BCUT2D eigenvalue weighted by Gasteiger charge is 2.01. The maximum atomic E-state index is 10.2. The number of nitrogens with zero attached hydrogens (tertiary/aromatic N) is 1. The Hall–Kier alpha value is -0.610. The van der Waals surface area contributed by atoms with Crippen molar-refractivity contribution in [3.8, 4) is 0 Å². The summed E-state index contributed by atoms with van der Waals surface area (Å²) < 4.78 is 0. The first-order valence-corrected chi connectivity index (χ1v) is 5.66. The molecule has 4 nitrogen and oxygen atoms in total. The molecule has 15 heavy (non-hydrogen) atoms. The van der Waals surface area contributed by atoms with Crippen molar-refractivity contribution in [3.05, 3.63) is 0 Å². The van der Waals surface area contributed by atoms with Crippen molar-refractivity contribution in [1.82, 2.24) is 10.2 Å². The molecule has 0 atom stereocenters. The third kappa shape index (κ3) is 9.69. The largest absolute Gasteiger partial charge is 0.481 e. The molecule has 0 unspecified atom stereocenters. The second kappa shape index (κ2) is 8.68. The summed E-state index contributed by atoms with van der Waals surface area (Å²) in [6.45, 7) is 7.28. The molecule has 0 spiro atoms. The number of nitrogens with one attached hydrogen (secondary N) is 1. The molecule has 4 heteroatoms. The van der Waals surface area contributed by atoms with Crippen molar-refractivity contribution in [1.29, 1.82) is 0 Å². The van der Waals surface area contributed by atoms with Gasteiger partial charge in [-0.15, -0.1) is 0 Å². The molecule has 0 radical (unpaired) electrons. The van der Waals surface area contributed by atoms with Crippen molar-refractivity contribution in [3.63, 3.8) is 0 Å². The van der Waals surface area contributed by atoms with Crippen LogP contribution in [-0.2, 0) is 4.79 Å². The summed E-state index contributed by atoms with van der Waals surface area (Å²) in [7, 11) is 2.11. The Bertz CT molecular complexity index is 172. The molecule has 0 aliphatic rings. The van der Waals surface area contributed by atoms with Gasteiger partial charge in [-0.2, -0.15) is 0 Å². The fourth-order valence-corrected chi connectivity index (χ4v) is 1.16. The summed E-state index contributed by atoms with van der Waals surface area (Å²) in [5, 5.41) is 11.7. The van der Waals surface area contributed by atoms with Crippen LogP contribution in [-0.4, -0.2) is 48.7 Å². The molecule has 90 valence electrons. The van der Waals surface area contributed by atoms with E-state index in [1.54, 1.807) is 0 Å². The molecule has 0 amide bonds. The zero-order valence-corrected chi connectivity index (χ0v) is 10.1. The summed E-state index contributed by atoms with van der Waals surface area (Å²) in [5.74, 6) is -0.699. The lowest BCUT2D eigenvalue weighted by molar-refractivity contribution is -0.137. The Morgan fingerprint density at radius 3 is 2.53 bits per heavy atom. The smallest absolute Gasteiger partial charge is 0.303 e. The van der Waals surface area contributed by atoms with Gasteiger partial charge in [-0.3, -0.25) is 4.79 Å².